The molecule has 136 valence electrons. The van der Waals surface area contributed by atoms with E-state index in [1.54, 1.807) is 0 Å². The molecule has 0 aliphatic rings. The van der Waals surface area contributed by atoms with Crippen molar-refractivity contribution in [1.29, 1.82) is 0 Å². The van der Waals surface area contributed by atoms with Crippen molar-refractivity contribution >= 4 is 29.3 Å². The van der Waals surface area contributed by atoms with Gasteiger partial charge in [-0.15, -0.1) is 0 Å². The fraction of sp³-hybridized carbons (Fsp3) is 0.167. The average molecular weight is 380 g/mol. The van der Waals surface area contributed by atoms with Gasteiger partial charge in [-0.05, 0) is 36.4 Å². The van der Waals surface area contributed by atoms with Gasteiger partial charge in [0.15, 0.2) is 12.4 Å². The van der Waals surface area contributed by atoms with Crippen LogP contribution in [0.2, 0.25) is 5.02 Å². The summed E-state index contributed by atoms with van der Waals surface area (Å²) in [7, 11) is 1.45. The lowest BCUT2D eigenvalue weighted by atomic mass is 10.1. The number of hydrogen-bond donors (Lipinski definition) is 1. The van der Waals surface area contributed by atoms with E-state index in [0.29, 0.717) is 5.75 Å². The predicted molar refractivity (Wildman–Crippen MR) is 92.0 cm³/mol. The Balaban J connectivity index is 1.82. The van der Waals surface area contributed by atoms with Gasteiger partial charge in [-0.3, -0.25) is 14.4 Å². The van der Waals surface area contributed by atoms with Crippen LogP contribution in [0.5, 0.6) is 5.75 Å². The average Bonchev–Trinajstić information content (AvgIpc) is 2.64. The number of halogens is 2. The molecule has 0 aliphatic carbocycles. The summed E-state index contributed by atoms with van der Waals surface area (Å²) in [6.45, 7) is -0.955. The highest BCUT2D eigenvalue weighted by molar-refractivity contribution is 6.32. The Labute approximate surface area is 153 Å². The first-order chi connectivity index (χ1) is 12.4. The number of esters is 1. The number of amides is 1. The van der Waals surface area contributed by atoms with Crippen molar-refractivity contribution in [1.82, 2.24) is 5.32 Å². The minimum Gasteiger partial charge on any atom is -0.495 e. The summed E-state index contributed by atoms with van der Waals surface area (Å²) in [6, 6.07) is 9.44. The zero-order chi connectivity index (χ0) is 19.1. The normalized spacial score (nSPS) is 10.1. The van der Waals surface area contributed by atoms with Gasteiger partial charge in [-0.1, -0.05) is 17.7 Å². The third-order valence-corrected chi connectivity index (χ3v) is 3.61. The van der Waals surface area contributed by atoms with Crippen LogP contribution < -0.4 is 10.1 Å². The number of ketones is 1. The first kappa shape index (κ1) is 19.4. The predicted octanol–water partition coefficient (Wildman–Crippen LogP) is 2.64. The zero-order valence-corrected chi connectivity index (χ0v) is 14.5. The van der Waals surface area contributed by atoms with E-state index in [9.17, 15) is 18.8 Å². The van der Waals surface area contributed by atoms with Gasteiger partial charge in [0.1, 0.15) is 18.1 Å². The van der Waals surface area contributed by atoms with Gasteiger partial charge in [0.05, 0.1) is 12.1 Å². The molecule has 8 heteroatoms. The maximum absolute atomic E-state index is 13.0. The van der Waals surface area contributed by atoms with Gasteiger partial charge >= 0.3 is 5.97 Å². The van der Waals surface area contributed by atoms with Crippen molar-refractivity contribution in [3.8, 4) is 5.75 Å². The number of Topliss-reactive ketones (excluding diaryl/α,β-unsaturated/α-hetero) is 1. The van der Waals surface area contributed by atoms with Gasteiger partial charge in [-0.2, -0.15) is 0 Å². The molecule has 0 saturated heterocycles. The van der Waals surface area contributed by atoms with E-state index in [1.807, 2.05) is 0 Å². The second kappa shape index (κ2) is 8.96. The molecule has 6 nitrogen and oxygen atoms in total. The van der Waals surface area contributed by atoms with E-state index in [4.69, 9.17) is 21.1 Å². The molecule has 0 heterocycles. The molecule has 2 aromatic carbocycles. The smallest absolute Gasteiger partial charge is 0.325 e. The molecule has 0 unspecified atom stereocenters. The Morgan fingerprint density at radius 1 is 1.12 bits per heavy atom. The summed E-state index contributed by atoms with van der Waals surface area (Å²) in [6.07, 6.45) is 0. The molecule has 0 aromatic heterocycles. The van der Waals surface area contributed by atoms with E-state index in [2.05, 4.69) is 5.32 Å². The highest BCUT2D eigenvalue weighted by Gasteiger charge is 2.13. The number of benzene rings is 2. The standard InChI is InChI=1S/C18H15ClFNO5/c1-25-16-6-5-11(8-14(16)19)15(22)10-26-17(23)9-21-18(24)12-3-2-4-13(20)7-12/h2-8H,9-10H2,1H3,(H,21,24). The molecule has 0 fully saturated rings. The van der Waals surface area contributed by atoms with Crippen molar-refractivity contribution in [2.24, 2.45) is 0 Å². The summed E-state index contributed by atoms with van der Waals surface area (Å²) < 4.78 is 22.8. The number of hydrogen-bond acceptors (Lipinski definition) is 5. The van der Waals surface area contributed by atoms with E-state index in [-0.39, 0.29) is 16.1 Å². The van der Waals surface area contributed by atoms with Gasteiger partial charge in [0, 0.05) is 11.1 Å². The lowest BCUT2D eigenvalue weighted by Crippen LogP contribution is -2.31. The molecule has 1 N–H and O–H groups in total. The lowest BCUT2D eigenvalue weighted by molar-refractivity contribution is -0.141. The molecule has 26 heavy (non-hydrogen) atoms. The number of ether oxygens (including phenoxy) is 2. The molecule has 2 rings (SSSR count). The quantitative estimate of drug-likeness (QED) is 0.590. The molecule has 2 aromatic rings. The minimum atomic E-state index is -0.803. The molecule has 0 radical (unpaired) electrons. The van der Waals surface area contributed by atoms with Crippen molar-refractivity contribution in [3.05, 3.63) is 64.4 Å². The van der Waals surface area contributed by atoms with Crippen LogP contribution in [0, 0.1) is 5.82 Å². The fourth-order valence-corrected chi connectivity index (χ4v) is 2.26. The third kappa shape index (κ3) is 5.29. The molecule has 0 saturated carbocycles. The third-order valence-electron chi connectivity index (χ3n) is 3.32. The number of methoxy groups -OCH3 is 1. The Morgan fingerprint density at radius 3 is 2.54 bits per heavy atom. The lowest BCUT2D eigenvalue weighted by Gasteiger charge is -2.08. The van der Waals surface area contributed by atoms with Gasteiger partial charge in [0.2, 0.25) is 0 Å². The Morgan fingerprint density at radius 2 is 1.88 bits per heavy atom. The maximum atomic E-state index is 13.0. The summed E-state index contributed by atoms with van der Waals surface area (Å²) in [5.41, 5.74) is 0.328. The van der Waals surface area contributed by atoms with Crippen molar-refractivity contribution in [3.63, 3.8) is 0 Å². The summed E-state index contributed by atoms with van der Waals surface area (Å²) in [4.78, 5) is 35.4. The Kier molecular flexibility index (Phi) is 6.68. The maximum Gasteiger partial charge on any atom is 0.325 e. The second-order valence-corrected chi connectivity index (χ2v) is 5.53. The van der Waals surface area contributed by atoms with Crippen LogP contribution in [0.1, 0.15) is 20.7 Å². The van der Waals surface area contributed by atoms with Crippen LogP contribution in [0.25, 0.3) is 0 Å². The van der Waals surface area contributed by atoms with Crippen molar-refractivity contribution in [2.75, 3.05) is 20.3 Å². The Hall–Kier alpha value is -2.93. The monoisotopic (exact) mass is 379 g/mol. The SMILES string of the molecule is COc1ccc(C(=O)COC(=O)CNC(=O)c2cccc(F)c2)cc1Cl. The largest absolute Gasteiger partial charge is 0.495 e. The van der Waals surface area contributed by atoms with E-state index >= 15 is 0 Å². The first-order valence-corrected chi connectivity index (χ1v) is 7.84. The first-order valence-electron chi connectivity index (χ1n) is 7.47. The van der Waals surface area contributed by atoms with Crippen LogP contribution in [0.4, 0.5) is 4.39 Å². The summed E-state index contributed by atoms with van der Waals surface area (Å²) in [5, 5.41) is 2.54. The summed E-state index contributed by atoms with van der Waals surface area (Å²) in [5.74, 6) is -2.04. The highest BCUT2D eigenvalue weighted by atomic mass is 35.5. The van der Waals surface area contributed by atoms with Crippen LogP contribution in [0.3, 0.4) is 0 Å². The van der Waals surface area contributed by atoms with Crippen molar-refractivity contribution < 1.29 is 28.2 Å². The molecular formula is C18H15ClFNO5. The molecule has 0 spiro atoms. The van der Waals surface area contributed by atoms with Gasteiger partial charge in [0.25, 0.3) is 5.91 Å². The topological polar surface area (TPSA) is 81.7 Å². The molecule has 0 atom stereocenters. The van der Waals surface area contributed by atoms with Crippen LogP contribution in [0.15, 0.2) is 42.5 Å². The van der Waals surface area contributed by atoms with Crippen LogP contribution in [-0.4, -0.2) is 37.9 Å². The molecule has 0 aliphatic heterocycles. The minimum absolute atomic E-state index is 0.0711. The molecular weight excluding hydrogens is 365 g/mol. The zero-order valence-electron chi connectivity index (χ0n) is 13.8. The fourth-order valence-electron chi connectivity index (χ4n) is 2.00. The van der Waals surface area contributed by atoms with Gasteiger partial charge in [-0.25, -0.2) is 4.39 Å². The highest BCUT2D eigenvalue weighted by Crippen LogP contribution is 2.25. The number of carbonyl (C=O) groups is 3. The summed E-state index contributed by atoms with van der Waals surface area (Å²) >= 11 is 5.93. The van der Waals surface area contributed by atoms with Crippen LogP contribution in [-0.2, 0) is 9.53 Å². The molecule has 0 bridgehead atoms. The van der Waals surface area contributed by atoms with Gasteiger partial charge < -0.3 is 14.8 Å². The van der Waals surface area contributed by atoms with Crippen LogP contribution >= 0.6 is 11.6 Å². The van der Waals surface area contributed by atoms with E-state index in [0.717, 1.165) is 6.07 Å². The van der Waals surface area contributed by atoms with E-state index < -0.39 is 36.6 Å². The number of rotatable bonds is 7. The van der Waals surface area contributed by atoms with Crippen molar-refractivity contribution in [2.45, 2.75) is 0 Å². The second-order valence-electron chi connectivity index (χ2n) is 5.13. The number of nitrogens with one attached hydrogen (secondary N) is 1. The van der Waals surface area contributed by atoms with E-state index in [1.165, 1.54) is 43.5 Å². The number of carbonyl (C=O) groups excluding carboxylic acids is 3. The molecule has 1 amide bonds. The Bertz CT molecular complexity index is 840.